The molecular weight excluding hydrogens is 228 g/mol. The third-order valence-electron chi connectivity index (χ3n) is 1.71. The first kappa shape index (κ1) is 13.4. The van der Waals surface area contributed by atoms with E-state index in [1.54, 1.807) is 19.4 Å². The summed E-state index contributed by atoms with van der Waals surface area (Å²) in [5, 5.41) is -0.0747. The molecule has 0 spiro atoms. The number of hydrogen-bond donors (Lipinski definition) is 1. The third-order valence-corrected chi connectivity index (χ3v) is 2.70. The van der Waals surface area contributed by atoms with Crippen LogP contribution in [0.25, 0.3) is 0 Å². The molecule has 1 heterocycles. The molecule has 0 aromatic carbocycles. The van der Waals surface area contributed by atoms with Crippen LogP contribution < -0.4 is 17.0 Å². The fourth-order valence-electron chi connectivity index (χ4n) is 1.25. The average molecular weight is 241 g/mol. The highest BCUT2D eigenvalue weighted by molar-refractivity contribution is 7.85. The molecule has 0 saturated carbocycles. The number of hydrogen-bond acceptors (Lipinski definition) is 2. The number of rotatable bonds is 3. The van der Waals surface area contributed by atoms with Crippen LogP contribution in [0.1, 0.15) is 13.3 Å². The van der Waals surface area contributed by atoms with E-state index in [1.165, 1.54) is 9.13 Å². The standard InChI is InChI=1S/C7H12N2O3S.ClH/c1-3-4-9-6-5-8(2)7(9)13(10,11)12;/h5-6H,3-4H2,1-2H3;1H. The van der Waals surface area contributed by atoms with Crippen molar-refractivity contribution in [3.8, 4) is 0 Å². The first-order valence-electron chi connectivity index (χ1n) is 3.99. The monoisotopic (exact) mass is 240 g/mol. The van der Waals surface area contributed by atoms with Crippen LogP contribution in [0.5, 0.6) is 0 Å². The van der Waals surface area contributed by atoms with Crippen molar-refractivity contribution in [1.82, 2.24) is 4.57 Å². The molecule has 0 atom stereocenters. The molecule has 1 N–H and O–H groups in total. The van der Waals surface area contributed by atoms with E-state index in [1.807, 2.05) is 6.92 Å². The molecule has 14 heavy (non-hydrogen) atoms. The number of nitrogens with zero attached hydrogens (tertiary/aromatic N) is 2. The molecule has 1 rings (SSSR count). The van der Waals surface area contributed by atoms with Crippen molar-refractivity contribution >= 4 is 10.1 Å². The Bertz CT molecular complexity index is 399. The lowest BCUT2D eigenvalue weighted by molar-refractivity contribution is -0.710. The predicted molar refractivity (Wildman–Crippen MR) is 45.7 cm³/mol. The predicted octanol–water partition coefficient (Wildman–Crippen LogP) is -3.03. The molecule has 0 fully saturated rings. The van der Waals surface area contributed by atoms with E-state index in [9.17, 15) is 8.42 Å². The van der Waals surface area contributed by atoms with Crippen LogP contribution in [0.2, 0.25) is 0 Å². The van der Waals surface area contributed by atoms with E-state index in [-0.39, 0.29) is 17.6 Å². The van der Waals surface area contributed by atoms with E-state index >= 15 is 0 Å². The molecule has 5 nitrogen and oxygen atoms in total. The summed E-state index contributed by atoms with van der Waals surface area (Å²) in [6, 6.07) is 0. The Labute approximate surface area is 89.5 Å². The van der Waals surface area contributed by atoms with Crippen LogP contribution in [0.3, 0.4) is 0 Å². The van der Waals surface area contributed by atoms with Crippen molar-refractivity contribution in [2.24, 2.45) is 7.05 Å². The maximum absolute atomic E-state index is 10.9. The molecule has 0 bridgehead atoms. The number of imidazole rings is 1. The highest BCUT2D eigenvalue weighted by atomic mass is 35.5. The van der Waals surface area contributed by atoms with E-state index in [0.717, 1.165) is 6.42 Å². The maximum atomic E-state index is 10.9. The van der Waals surface area contributed by atoms with Crippen molar-refractivity contribution < 1.29 is 29.9 Å². The van der Waals surface area contributed by atoms with Crippen molar-refractivity contribution in [3.63, 3.8) is 0 Å². The van der Waals surface area contributed by atoms with Crippen LogP contribution >= 0.6 is 0 Å². The Morgan fingerprint density at radius 1 is 1.57 bits per heavy atom. The molecule has 1 aromatic heterocycles. The van der Waals surface area contributed by atoms with Gasteiger partial charge in [0.15, 0.2) is 0 Å². The molecule has 0 amide bonds. The van der Waals surface area contributed by atoms with Crippen LogP contribution in [-0.4, -0.2) is 17.5 Å². The molecule has 1 aromatic rings. The summed E-state index contributed by atoms with van der Waals surface area (Å²) in [6.45, 7) is 2.52. The Morgan fingerprint density at radius 3 is 2.57 bits per heavy atom. The van der Waals surface area contributed by atoms with Gasteiger partial charge in [0.1, 0.15) is 12.4 Å². The quantitative estimate of drug-likeness (QED) is 0.452. The molecule has 0 unspecified atom stereocenters. The van der Waals surface area contributed by atoms with E-state index in [4.69, 9.17) is 4.55 Å². The number of aryl methyl sites for hydroxylation is 2. The van der Waals surface area contributed by atoms with Gasteiger partial charge in [-0.3, -0.25) is 4.55 Å². The van der Waals surface area contributed by atoms with Crippen LogP contribution in [0, 0.1) is 0 Å². The zero-order chi connectivity index (χ0) is 10.1. The van der Waals surface area contributed by atoms with Crippen molar-refractivity contribution in [3.05, 3.63) is 12.4 Å². The van der Waals surface area contributed by atoms with Crippen molar-refractivity contribution in [2.45, 2.75) is 25.0 Å². The fourth-order valence-corrected chi connectivity index (χ4v) is 2.13. The Hall–Kier alpha value is -0.590. The van der Waals surface area contributed by atoms with Gasteiger partial charge in [-0.1, -0.05) is 6.92 Å². The van der Waals surface area contributed by atoms with Gasteiger partial charge >= 0.3 is 15.3 Å². The Morgan fingerprint density at radius 2 is 2.14 bits per heavy atom. The third kappa shape index (κ3) is 2.70. The van der Waals surface area contributed by atoms with Crippen molar-refractivity contribution in [1.29, 1.82) is 0 Å². The lowest BCUT2D eigenvalue weighted by Crippen LogP contribution is -3.00. The van der Waals surface area contributed by atoms with Gasteiger partial charge in [-0.05, 0) is 6.42 Å². The van der Waals surface area contributed by atoms with E-state index < -0.39 is 10.1 Å². The zero-order valence-corrected chi connectivity index (χ0v) is 9.59. The summed E-state index contributed by atoms with van der Waals surface area (Å²) >= 11 is 0. The normalized spacial score (nSPS) is 11.1. The second-order valence-corrected chi connectivity index (χ2v) is 4.18. The molecule has 0 aliphatic heterocycles. The lowest BCUT2D eigenvalue weighted by atomic mass is 10.5. The first-order chi connectivity index (χ1) is 5.96. The Balaban J connectivity index is 0.00000169. The molecule has 0 radical (unpaired) electrons. The summed E-state index contributed by atoms with van der Waals surface area (Å²) in [5.41, 5.74) is 0. The zero-order valence-electron chi connectivity index (χ0n) is 8.01. The average Bonchev–Trinajstić information content (AvgIpc) is 2.31. The topological polar surface area (TPSA) is 63.2 Å². The number of aromatic nitrogens is 2. The fraction of sp³-hybridized carbons (Fsp3) is 0.571. The molecule has 7 heteroatoms. The highest BCUT2D eigenvalue weighted by Gasteiger charge is 2.26. The van der Waals surface area contributed by atoms with E-state index in [2.05, 4.69) is 0 Å². The van der Waals surface area contributed by atoms with Gasteiger partial charge in [0.25, 0.3) is 0 Å². The van der Waals surface area contributed by atoms with Crippen LogP contribution in [0.4, 0.5) is 0 Å². The first-order valence-corrected chi connectivity index (χ1v) is 5.43. The van der Waals surface area contributed by atoms with Crippen LogP contribution in [0.15, 0.2) is 17.6 Å². The van der Waals surface area contributed by atoms with Gasteiger partial charge in [0.2, 0.25) is 0 Å². The minimum absolute atomic E-state index is 0. The largest absolute Gasteiger partial charge is 1.00 e. The second kappa shape index (κ2) is 4.77. The summed E-state index contributed by atoms with van der Waals surface area (Å²) in [5.74, 6) is 0. The summed E-state index contributed by atoms with van der Waals surface area (Å²) in [4.78, 5) is 0. The van der Waals surface area contributed by atoms with Crippen molar-refractivity contribution in [2.75, 3.05) is 0 Å². The summed E-state index contributed by atoms with van der Waals surface area (Å²) < 4.78 is 33.6. The smallest absolute Gasteiger partial charge is 0.402 e. The van der Waals surface area contributed by atoms with Gasteiger partial charge < -0.3 is 12.4 Å². The van der Waals surface area contributed by atoms with Gasteiger partial charge in [0.05, 0.1) is 13.6 Å². The maximum Gasteiger partial charge on any atom is 0.402 e. The van der Waals surface area contributed by atoms with E-state index in [0.29, 0.717) is 6.54 Å². The molecular formula is C7H13ClN2O3S. The summed E-state index contributed by atoms with van der Waals surface area (Å²) in [7, 11) is -2.54. The minimum Gasteiger partial charge on any atom is -1.00 e. The van der Waals surface area contributed by atoms with Crippen LogP contribution in [-0.2, 0) is 23.7 Å². The van der Waals surface area contributed by atoms with Gasteiger partial charge in [-0.25, -0.2) is 9.13 Å². The van der Waals surface area contributed by atoms with Gasteiger partial charge in [-0.15, -0.1) is 0 Å². The van der Waals surface area contributed by atoms with Gasteiger partial charge in [0, 0.05) is 0 Å². The molecule has 0 saturated heterocycles. The Kier molecular flexibility index (Phi) is 4.57. The molecule has 0 aliphatic carbocycles. The SMILES string of the molecule is CCCn1cc[n+](C)c1S(=O)(=O)O.[Cl-]. The number of halogens is 1. The van der Waals surface area contributed by atoms with Gasteiger partial charge in [-0.2, -0.15) is 8.42 Å². The molecule has 0 aliphatic rings. The second-order valence-electron chi connectivity index (χ2n) is 2.86. The highest BCUT2D eigenvalue weighted by Crippen LogP contribution is 2.03. The molecule has 82 valence electrons. The lowest BCUT2D eigenvalue weighted by Gasteiger charge is -1.96. The minimum atomic E-state index is -4.12. The summed E-state index contributed by atoms with van der Waals surface area (Å²) in [6.07, 6.45) is 4.04.